The van der Waals surface area contributed by atoms with Crippen LogP contribution in [0.25, 0.3) is 0 Å². The Bertz CT molecular complexity index is 613. The van der Waals surface area contributed by atoms with Crippen LogP contribution in [0.1, 0.15) is 25.0 Å². The predicted octanol–water partition coefficient (Wildman–Crippen LogP) is 3.82. The zero-order chi connectivity index (χ0) is 22.1. The molecule has 1 atom stereocenters. The van der Waals surface area contributed by atoms with Crippen LogP contribution in [0.4, 0.5) is 5.69 Å². The normalized spacial score (nSPS) is 12.0. The van der Waals surface area contributed by atoms with Crippen molar-refractivity contribution < 1.29 is 19.7 Å². The largest absolute Gasteiger partial charge is 0.397 e. The van der Waals surface area contributed by atoms with Crippen LogP contribution < -0.4 is 4.90 Å². The van der Waals surface area contributed by atoms with Crippen molar-refractivity contribution in [2.45, 2.75) is 33.8 Å². The average Bonchev–Trinajstić information content (AvgIpc) is 2.71. The highest BCUT2D eigenvalue weighted by Gasteiger charge is 2.17. The molecule has 1 rings (SSSR count). The number of hydrogen-bond donors (Lipinski definition) is 2. The fraction of sp³-hybridized carbons (Fsp3) is 0.500. The van der Waals surface area contributed by atoms with Gasteiger partial charge in [-0.05, 0) is 56.5 Å². The molecule has 1 aromatic carbocycles. The monoisotopic (exact) mass is 405 g/mol. The molecule has 0 bridgehead atoms. The van der Waals surface area contributed by atoms with Crippen LogP contribution in [0.2, 0.25) is 0 Å². The molecule has 0 radical (unpaired) electrons. The topological polar surface area (TPSA) is 62.2 Å². The lowest BCUT2D eigenvalue weighted by molar-refractivity contribution is 0.0132. The Labute approximate surface area is 177 Å². The Morgan fingerprint density at radius 1 is 1.10 bits per heavy atom. The first-order chi connectivity index (χ1) is 14.0. The third kappa shape index (κ3) is 11.0. The minimum absolute atomic E-state index is 0.0219. The van der Waals surface area contributed by atoms with Gasteiger partial charge in [-0.1, -0.05) is 37.5 Å². The second-order valence-electron chi connectivity index (χ2n) is 6.43. The van der Waals surface area contributed by atoms with Gasteiger partial charge in [0.25, 0.3) is 0 Å². The molecule has 0 fully saturated rings. The molecule has 5 heteroatoms. The summed E-state index contributed by atoms with van der Waals surface area (Å²) in [7, 11) is 0. The highest BCUT2D eigenvalue weighted by Crippen LogP contribution is 2.21. The predicted molar refractivity (Wildman–Crippen MR) is 123 cm³/mol. The zero-order valence-corrected chi connectivity index (χ0v) is 18.6. The van der Waals surface area contributed by atoms with E-state index in [2.05, 4.69) is 57.0 Å². The van der Waals surface area contributed by atoms with Gasteiger partial charge in [-0.25, -0.2) is 0 Å². The first kappa shape index (κ1) is 27.1. The van der Waals surface area contributed by atoms with Gasteiger partial charge in [0.1, 0.15) is 6.10 Å². The van der Waals surface area contributed by atoms with Crippen molar-refractivity contribution in [3.63, 3.8) is 0 Å². The van der Waals surface area contributed by atoms with Crippen LogP contribution in [0.15, 0.2) is 55.2 Å². The van der Waals surface area contributed by atoms with E-state index in [-0.39, 0.29) is 19.3 Å². The summed E-state index contributed by atoms with van der Waals surface area (Å²) >= 11 is 0. The van der Waals surface area contributed by atoms with Gasteiger partial charge in [-0.3, -0.25) is 0 Å². The van der Waals surface area contributed by atoms with Crippen molar-refractivity contribution in [1.29, 1.82) is 0 Å². The van der Waals surface area contributed by atoms with Crippen LogP contribution in [0, 0.1) is 13.8 Å². The number of rotatable bonds is 13. The molecule has 0 aliphatic rings. The fourth-order valence-electron chi connectivity index (χ4n) is 2.65. The van der Waals surface area contributed by atoms with Gasteiger partial charge in [-0.2, -0.15) is 0 Å². The van der Waals surface area contributed by atoms with E-state index in [1.807, 2.05) is 12.2 Å². The molecule has 2 N–H and O–H groups in total. The van der Waals surface area contributed by atoms with E-state index in [4.69, 9.17) is 19.7 Å². The van der Waals surface area contributed by atoms with Gasteiger partial charge in [0, 0.05) is 25.4 Å². The van der Waals surface area contributed by atoms with E-state index < -0.39 is 0 Å². The van der Waals surface area contributed by atoms with Crippen LogP contribution in [-0.2, 0) is 9.47 Å². The van der Waals surface area contributed by atoms with E-state index in [0.717, 1.165) is 12.1 Å². The first-order valence-corrected chi connectivity index (χ1v) is 10.2. The Hall–Kier alpha value is -1.92. The quantitative estimate of drug-likeness (QED) is 0.386. The van der Waals surface area contributed by atoms with Crippen molar-refractivity contribution >= 4 is 5.69 Å². The summed E-state index contributed by atoms with van der Waals surface area (Å²) in [6.07, 6.45) is 5.36. The first-order valence-electron chi connectivity index (χ1n) is 10.2. The smallest absolute Gasteiger partial charge is 0.100 e. The molecule has 164 valence electrons. The summed E-state index contributed by atoms with van der Waals surface area (Å²) in [6.45, 7) is 18.9. The number of anilines is 1. The number of aliphatic hydroxyl groups is 2. The highest BCUT2D eigenvalue weighted by atomic mass is 16.5. The molecule has 0 heterocycles. The van der Waals surface area contributed by atoms with Crippen LogP contribution in [0.3, 0.4) is 0 Å². The summed E-state index contributed by atoms with van der Waals surface area (Å²) < 4.78 is 11.4. The Morgan fingerprint density at radius 2 is 1.79 bits per heavy atom. The summed E-state index contributed by atoms with van der Waals surface area (Å²) in [4.78, 5) is 2.30. The second-order valence-corrected chi connectivity index (χ2v) is 6.43. The number of allylic oxidation sites excluding steroid dienone is 2. The van der Waals surface area contributed by atoms with Crippen molar-refractivity contribution in [2.75, 3.05) is 51.0 Å². The number of nitrogens with zero attached hydrogens (tertiary/aromatic N) is 1. The molecule has 0 spiro atoms. The third-order valence-corrected chi connectivity index (χ3v) is 4.32. The van der Waals surface area contributed by atoms with E-state index in [0.29, 0.717) is 26.4 Å². The minimum Gasteiger partial charge on any atom is -0.397 e. The molecule has 0 aromatic heterocycles. The SMILES string of the molecule is C=C/C=C(\C=C)C(CN(CC)c1ccc(C)c(C)c1)OCCOCCO.CCO. The van der Waals surface area contributed by atoms with Crippen molar-refractivity contribution in [3.8, 4) is 0 Å². The van der Waals surface area contributed by atoms with E-state index in [1.54, 1.807) is 13.0 Å². The summed E-state index contributed by atoms with van der Waals surface area (Å²) in [6, 6.07) is 6.52. The molecule has 0 amide bonds. The van der Waals surface area contributed by atoms with Crippen molar-refractivity contribution in [1.82, 2.24) is 0 Å². The lowest BCUT2D eigenvalue weighted by Crippen LogP contribution is -2.35. The van der Waals surface area contributed by atoms with Crippen molar-refractivity contribution in [2.24, 2.45) is 0 Å². The maximum Gasteiger partial charge on any atom is 0.100 e. The Kier molecular flexibility index (Phi) is 15.9. The maximum atomic E-state index is 8.78. The number of aliphatic hydroxyl groups excluding tert-OH is 2. The summed E-state index contributed by atoms with van der Waals surface area (Å²) in [5.74, 6) is 0. The van der Waals surface area contributed by atoms with Gasteiger partial charge in [0.2, 0.25) is 0 Å². The number of ether oxygens (including phenoxy) is 2. The van der Waals surface area contributed by atoms with Gasteiger partial charge in [0.15, 0.2) is 0 Å². The number of likely N-dealkylation sites (N-methyl/N-ethyl adjacent to an activating group) is 1. The average molecular weight is 406 g/mol. The Balaban J connectivity index is 0.00000245. The zero-order valence-electron chi connectivity index (χ0n) is 18.6. The van der Waals surface area contributed by atoms with Crippen LogP contribution in [-0.4, -0.2) is 62.4 Å². The molecule has 1 unspecified atom stereocenters. The lowest BCUT2D eigenvalue weighted by atomic mass is 10.1. The molecular formula is C24H39NO4. The lowest BCUT2D eigenvalue weighted by Gasteiger charge is -2.29. The Morgan fingerprint density at radius 3 is 2.31 bits per heavy atom. The summed E-state index contributed by atoms with van der Waals surface area (Å²) in [5, 5.41) is 16.4. The highest BCUT2D eigenvalue weighted by molar-refractivity contribution is 5.51. The third-order valence-electron chi connectivity index (χ3n) is 4.32. The molecule has 0 saturated heterocycles. The molecule has 29 heavy (non-hydrogen) atoms. The molecule has 1 aromatic rings. The fourth-order valence-corrected chi connectivity index (χ4v) is 2.65. The van der Waals surface area contributed by atoms with Gasteiger partial charge >= 0.3 is 0 Å². The second kappa shape index (κ2) is 17.0. The van der Waals surface area contributed by atoms with Gasteiger partial charge < -0.3 is 24.6 Å². The van der Waals surface area contributed by atoms with E-state index in [9.17, 15) is 0 Å². The number of benzene rings is 1. The van der Waals surface area contributed by atoms with Crippen LogP contribution in [0.5, 0.6) is 0 Å². The standard InChI is InChI=1S/C22H33NO3.C2H6O/c1-6-9-20(7-2)22(26-15-14-25-13-12-24)17-23(8-3)21-11-10-18(4)19(5)16-21;1-2-3/h6-7,9-11,16,22,24H,1-2,8,12-15,17H2,3-5H3;3H,2H2,1H3/b20-9+;. The van der Waals surface area contributed by atoms with E-state index in [1.165, 1.54) is 16.8 Å². The number of aryl methyl sites for hydroxylation is 2. The van der Waals surface area contributed by atoms with E-state index >= 15 is 0 Å². The maximum absolute atomic E-state index is 8.78. The molecule has 0 aliphatic carbocycles. The molecular weight excluding hydrogens is 366 g/mol. The minimum atomic E-state index is -0.134. The van der Waals surface area contributed by atoms with Crippen molar-refractivity contribution in [3.05, 3.63) is 66.3 Å². The van der Waals surface area contributed by atoms with Crippen LogP contribution >= 0.6 is 0 Å². The number of hydrogen-bond acceptors (Lipinski definition) is 5. The van der Waals surface area contributed by atoms with Gasteiger partial charge in [0.05, 0.1) is 26.4 Å². The summed E-state index contributed by atoms with van der Waals surface area (Å²) in [5.41, 5.74) is 4.74. The molecule has 5 nitrogen and oxygen atoms in total. The van der Waals surface area contributed by atoms with Gasteiger partial charge in [-0.15, -0.1) is 0 Å². The molecule has 0 saturated carbocycles. The molecule has 0 aliphatic heterocycles.